The van der Waals surface area contributed by atoms with Gasteiger partial charge in [-0.15, -0.1) is 0 Å². The summed E-state index contributed by atoms with van der Waals surface area (Å²) in [4.78, 5) is 11.5. The van der Waals surface area contributed by atoms with Gasteiger partial charge in [0.1, 0.15) is 0 Å². The molecule has 0 aromatic heterocycles. The Morgan fingerprint density at radius 3 is 2.93 bits per heavy atom. The minimum Gasteiger partial charge on any atom is -0.326 e. The summed E-state index contributed by atoms with van der Waals surface area (Å²) in [7, 11) is 0. The fraction of sp³-hybridized carbons (Fsp3) is 0.364. The summed E-state index contributed by atoms with van der Waals surface area (Å²) in [5, 5.41) is 2.87. The Balaban J connectivity index is 2.44. The number of fused-ring (bicyclic) bond motifs is 1. The average molecular weight is 190 g/mol. The lowest BCUT2D eigenvalue weighted by Crippen LogP contribution is -2.10. The first-order valence-electron chi connectivity index (χ1n) is 4.90. The molecule has 3 nitrogen and oxygen atoms in total. The number of rotatable bonds is 2. The molecule has 3 N–H and O–H groups in total. The fourth-order valence-corrected chi connectivity index (χ4v) is 1.91. The van der Waals surface area contributed by atoms with Gasteiger partial charge in [-0.25, -0.2) is 0 Å². The van der Waals surface area contributed by atoms with E-state index in [4.69, 9.17) is 5.73 Å². The van der Waals surface area contributed by atoms with E-state index in [1.54, 1.807) is 0 Å². The third-order valence-electron chi connectivity index (χ3n) is 2.71. The van der Waals surface area contributed by atoms with Gasteiger partial charge >= 0.3 is 0 Å². The molecule has 1 aromatic carbocycles. The summed E-state index contributed by atoms with van der Waals surface area (Å²) in [5.74, 6) is 0.119. The number of carbonyl (C=O) groups excluding carboxylic acids is 1. The number of hydrogen-bond acceptors (Lipinski definition) is 2. The first-order chi connectivity index (χ1) is 6.76. The molecule has 2 rings (SSSR count). The van der Waals surface area contributed by atoms with E-state index in [-0.39, 0.29) is 11.8 Å². The van der Waals surface area contributed by atoms with Crippen molar-refractivity contribution in [2.24, 2.45) is 5.73 Å². The minimum atomic E-state index is 0.0106. The van der Waals surface area contributed by atoms with Crippen LogP contribution in [0.5, 0.6) is 0 Å². The van der Waals surface area contributed by atoms with Crippen LogP contribution in [0.25, 0.3) is 0 Å². The van der Waals surface area contributed by atoms with Crippen LogP contribution in [-0.2, 0) is 11.3 Å². The molecule has 0 saturated heterocycles. The maximum atomic E-state index is 11.5. The van der Waals surface area contributed by atoms with E-state index in [0.29, 0.717) is 6.54 Å². The van der Waals surface area contributed by atoms with Crippen molar-refractivity contribution in [3.05, 3.63) is 29.3 Å². The number of benzene rings is 1. The standard InChI is InChI=1S/C11H14N2O/c1-2-8-9-5-7(6-12)3-4-10(9)13-11(8)14/h3-5,8H,2,6,12H2,1H3,(H,13,14). The van der Waals surface area contributed by atoms with Crippen LogP contribution in [-0.4, -0.2) is 5.91 Å². The zero-order chi connectivity index (χ0) is 10.1. The van der Waals surface area contributed by atoms with Gasteiger partial charge in [-0.3, -0.25) is 4.79 Å². The van der Waals surface area contributed by atoms with E-state index < -0.39 is 0 Å². The predicted octanol–water partition coefficient (Wildman–Crippen LogP) is 1.59. The van der Waals surface area contributed by atoms with E-state index in [1.807, 2.05) is 25.1 Å². The van der Waals surface area contributed by atoms with Crippen LogP contribution >= 0.6 is 0 Å². The van der Waals surface area contributed by atoms with E-state index >= 15 is 0 Å². The molecule has 1 amide bonds. The zero-order valence-electron chi connectivity index (χ0n) is 8.21. The Morgan fingerprint density at radius 2 is 2.29 bits per heavy atom. The molecular weight excluding hydrogens is 176 g/mol. The normalized spacial score (nSPS) is 19.3. The summed E-state index contributed by atoms with van der Waals surface area (Å²) in [6.45, 7) is 2.55. The van der Waals surface area contributed by atoms with Crippen LogP contribution < -0.4 is 11.1 Å². The molecule has 0 radical (unpaired) electrons. The molecule has 1 heterocycles. The number of nitrogens with one attached hydrogen (secondary N) is 1. The van der Waals surface area contributed by atoms with Gasteiger partial charge in [0.15, 0.2) is 0 Å². The lowest BCUT2D eigenvalue weighted by molar-refractivity contribution is -0.117. The topological polar surface area (TPSA) is 55.1 Å². The molecule has 1 unspecified atom stereocenters. The monoisotopic (exact) mass is 190 g/mol. The molecule has 0 fully saturated rings. The van der Waals surface area contributed by atoms with Crippen LogP contribution in [0.1, 0.15) is 30.4 Å². The van der Waals surface area contributed by atoms with Crippen LogP contribution in [0.3, 0.4) is 0 Å². The smallest absolute Gasteiger partial charge is 0.231 e. The summed E-state index contributed by atoms with van der Waals surface area (Å²) in [6, 6.07) is 5.92. The van der Waals surface area contributed by atoms with Crippen LogP contribution in [0, 0.1) is 0 Å². The molecule has 1 atom stereocenters. The highest BCUT2D eigenvalue weighted by molar-refractivity contribution is 6.02. The highest BCUT2D eigenvalue weighted by Gasteiger charge is 2.28. The predicted molar refractivity (Wildman–Crippen MR) is 56.0 cm³/mol. The van der Waals surface area contributed by atoms with E-state index in [0.717, 1.165) is 23.2 Å². The van der Waals surface area contributed by atoms with Gasteiger partial charge in [-0.1, -0.05) is 19.1 Å². The van der Waals surface area contributed by atoms with Crippen LogP contribution in [0.15, 0.2) is 18.2 Å². The third-order valence-corrected chi connectivity index (χ3v) is 2.71. The molecule has 74 valence electrons. The molecule has 1 aliphatic heterocycles. The number of hydrogen-bond donors (Lipinski definition) is 2. The third kappa shape index (κ3) is 1.30. The van der Waals surface area contributed by atoms with Gasteiger partial charge < -0.3 is 11.1 Å². The Bertz CT molecular complexity index is 374. The Hall–Kier alpha value is -1.35. The minimum absolute atomic E-state index is 0.0106. The number of anilines is 1. The van der Waals surface area contributed by atoms with Crippen molar-refractivity contribution in [1.29, 1.82) is 0 Å². The summed E-state index contributed by atoms with van der Waals surface area (Å²) in [6.07, 6.45) is 0.840. The van der Waals surface area contributed by atoms with Crippen molar-refractivity contribution in [1.82, 2.24) is 0 Å². The molecular formula is C11H14N2O. The van der Waals surface area contributed by atoms with Crippen molar-refractivity contribution in [3.63, 3.8) is 0 Å². The maximum absolute atomic E-state index is 11.5. The summed E-state index contributed by atoms with van der Waals surface area (Å²) in [5.41, 5.74) is 8.68. The second-order valence-electron chi connectivity index (χ2n) is 3.58. The highest BCUT2D eigenvalue weighted by Crippen LogP contribution is 2.34. The summed E-state index contributed by atoms with van der Waals surface area (Å²) >= 11 is 0. The zero-order valence-corrected chi connectivity index (χ0v) is 8.21. The average Bonchev–Trinajstić information content (AvgIpc) is 2.52. The molecule has 1 aliphatic rings. The van der Waals surface area contributed by atoms with Crippen LogP contribution in [0.4, 0.5) is 5.69 Å². The lowest BCUT2D eigenvalue weighted by atomic mass is 9.96. The number of carbonyl (C=O) groups is 1. The van der Waals surface area contributed by atoms with E-state index in [9.17, 15) is 4.79 Å². The van der Waals surface area contributed by atoms with Crippen LogP contribution in [0.2, 0.25) is 0 Å². The van der Waals surface area contributed by atoms with E-state index in [2.05, 4.69) is 5.32 Å². The molecule has 1 aromatic rings. The van der Waals surface area contributed by atoms with Crippen molar-refractivity contribution in [3.8, 4) is 0 Å². The van der Waals surface area contributed by atoms with Gasteiger partial charge in [0.2, 0.25) is 5.91 Å². The Labute approximate surface area is 83.3 Å². The van der Waals surface area contributed by atoms with Gasteiger partial charge in [0.05, 0.1) is 5.92 Å². The first kappa shape index (κ1) is 9.21. The largest absolute Gasteiger partial charge is 0.326 e. The molecule has 0 saturated carbocycles. The second kappa shape index (κ2) is 3.42. The van der Waals surface area contributed by atoms with Crippen molar-refractivity contribution in [2.45, 2.75) is 25.8 Å². The Morgan fingerprint density at radius 1 is 1.50 bits per heavy atom. The van der Waals surface area contributed by atoms with E-state index in [1.165, 1.54) is 0 Å². The number of nitrogens with two attached hydrogens (primary N) is 1. The van der Waals surface area contributed by atoms with Crippen molar-refractivity contribution < 1.29 is 4.79 Å². The first-order valence-corrected chi connectivity index (χ1v) is 4.90. The molecule has 0 spiro atoms. The molecule has 0 aliphatic carbocycles. The SMILES string of the molecule is CCC1C(=O)Nc2ccc(CN)cc21. The fourth-order valence-electron chi connectivity index (χ4n) is 1.91. The van der Waals surface area contributed by atoms with Gasteiger partial charge in [0, 0.05) is 12.2 Å². The van der Waals surface area contributed by atoms with Gasteiger partial charge in [-0.05, 0) is 23.6 Å². The van der Waals surface area contributed by atoms with Gasteiger partial charge in [-0.2, -0.15) is 0 Å². The second-order valence-corrected chi connectivity index (χ2v) is 3.58. The van der Waals surface area contributed by atoms with Crippen molar-refractivity contribution >= 4 is 11.6 Å². The van der Waals surface area contributed by atoms with Gasteiger partial charge in [0.25, 0.3) is 0 Å². The lowest BCUT2D eigenvalue weighted by Gasteiger charge is -2.05. The summed E-state index contributed by atoms with van der Waals surface area (Å²) < 4.78 is 0. The molecule has 0 bridgehead atoms. The molecule has 3 heteroatoms. The van der Waals surface area contributed by atoms with Crippen molar-refractivity contribution in [2.75, 3.05) is 5.32 Å². The highest BCUT2D eigenvalue weighted by atomic mass is 16.2. The maximum Gasteiger partial charge on any atom is 0.231 e. The molecule has 14 heavy (non-hydrogen) atoms. The number of amides is 1. The quantitative estimate of drug-likeness (QED) is 0.744. The Kier molecular flexibility index (Phi) is 2.25.